The van der Waals surface area contributed by atoms with Gasteiger partial charge in [-0.05, 0) is 32.4 Å². The number of imidazole rings is 1. The molecule has 1 atom stereocenters. The molecular formula is C16H25N3O. The lowest BCUT2D eigenvalue weighted by Crippen LogP contribution is -2.13. The van der Waals surface area contributed by atoms with Crippen LogP contribution in [0, 0.1) is 0 Å². The lowest BCUT2D eigenvalue weighted by molar-refractivity contribution is 0.340. The van der Waals surface area contributed by atoms with E-state index in [4.69, 9.17) is 15.5 Å². The molecular weight excluding hydrogens is 250 g/mol. The van der Waals surface area contributed by atoms with E-state index in [0.717, 1.165) is 35.6 Å². The summed E-state index contributed by atoms with van der Waals surface area (Å²) in [6, 6.07) is 6.04. The fourth-order valence-corrected chi connectivity index (χ4v) is 2.49. The van der Waals surface area contributed by atoms with Gasteiger partial charge in [-0.15, -0.1) is 0 Å². The Morgan fingerprint density at radius 2 is 2.10 bits per heavy atom. The fourth-order valence-electron chi connectivity index (χ4n) is 2.49. The van der Waals surface area contributed by atoms with Crippen LogP contribution in [0.15, 0.2) is 18.2 Å². The van der Waals surface area contributed by atoms with Gasteiger partial charge in [0, 0.05) is 12.6 Å². The van der Waals surface area contributed by atoms with Crippen molar-refractivity contribution in [2.45, 2.75) is 52.6 Å². The molecule has 4 heteroatoms. The monoisotopic (exact) mass is 275 g/mol. The van der Waals surface area contributed by atoms with Gasteiger partial charge in [0.05, 0.1) is 23.7 Å². The molecule has 0 radical (unpaired) electrons. The van der Waals surface area contributed by atoms with Gasteiger partial charge in [-0.3, -0.25) is 0 Å². The van der Waals surface area contributed by atoms with Crippen molar-refractivity contribution < 1.29 is 4.74 Å². The van der Waals surface area contributed by atoms with E-state index in [1.807, 2.05) is 26.0 Å². The van der Waals surface area contributed by atoms with Crippen LogP contribution in [-0.4, -0.2) is 16.2 Å². The number of rotatable bonds is 7. The highest BCUT2D eigenvalue weighted by Crippen LogP contribution is 2.24. The summed E-state index contributed by atoms with van der Waals surface area (Å²) >= 11 is 0. The number of nitrogens with two attached hydrogens (primary N) is 1. The SMILES string of the molecule is CCCCCn1c(C(C)N)nc2cc(OCC)ccc21. The van der Waals surface area contributed by atoms with Crippen LogP contribution in [0.1, 0.15) is 51.9 Å². The van der Waals surface area contributed by atoms with Crippen LogP contribution in [0.5, 0.6) is 5.75 Å². The number of ether oxygens (including phenoxy) is 1. The van der Waals surface area contributed by atoms with Gasteiger partial charge in [-0.2, -0.15) is 0 Å². The van der Waals surface area contributed by atoms with Crippen LogP contribution in [0.3, 0.4) is 0 Å². The van der Waals surface area contributed by atoms with Crippen LogP contribution in [0.2, 0.25) is 0 Å². The van der Waals surface area contributed by atoms with Gasteiger partial charge in [0.1, 0.15) is 11.6 Å². The van der Waals surface area contributed by atoms with Crippen LogP contribution in [0.25, 0.3) is 11.0 Å². The summed E-state index contributed by atoms with van der Waals surface area (Å²) < 4.78 is 7.80. The lowest BCUT2D eigenvalue weighted by atomic mass is 10.2. The minimum atomic E-state index is -0.0560. The molecule has 2 N–H and O–H groups in total. The summed E-state index contributed by atoms with van der Waals surface area (Å²) in [5, 5.41) is 0. The first-order valence-corrected chi connectivity index (χ1v) is 7.56. The Morgan fingerprint density at radius 3 is 2.75 bits per heavy atom. The molecule has 0 aliphatic rings. The molecule has 0 fully saturated rings. The van der Waals surface area contributed by atoms with Crippen molar-refractivity contribution in [1.82, 2.24) is 9.55 Å². The van der Waals surface area contributed by atoms with Crippen LogP contribution < -0.4 is 10.5 Å². The predicted octanol–water partition coefficient (Wildman–Crippen LogP) is 3.64. The quantitative estimate of drug-likeness (QED) is 0.785. The van der Waals surface area contributed by atoms with Crippen molar-refractivity contribution in [3.63, 3.8) is 0 Å². The smallest absolute Gasteiger partial charge is 0.126 e. The van der Waals surface area contributed by atoms with E-state index >= 15 is 0 Å². The van der Waals surface area contributed by atoms with E-state index in [1.54, 1.807) is 0 Å². The van der Waals surface area contributed by atoms with Gasteiger partial charge in [-0.1, -0.05) is 19.8 Å². The maximum Gasteiger partial charge on any atom is 0.126 e. The second-order valence-electron chi connectivity index (χ2n) is 5.20. The number of hydrogen-bond acceptors (Lipinski definition) is 3. The van der Waals surface area contributed by atoms with Crippen molar-refractivity contribution in [1.29, 1.82) is 0 Å². The summed E-state index contributed by atoms with van der Waals surface area (Å²) in [5.41, 5.74) is 8.19. The van der Waals surface area contributed by atoms with Crippen LogP contribution in [-0.2, 0) is 6.54 Å². The number of unbranched alkanes of at least 4 members (excludes halogenated alkanes) is 2. The van der Waals surface area contributed by atoms with Gasteiger partial charge < -0.3 is 15.0 Å². The molecule has 0 saturated heterocycles. The van der Waals surface area contributed by atoms with Gasteiger partial charge >= 0.3 is 0 Å². The molecule has 0 bridgehead atoms. The molecule has 0 aliphatic carbocycles. The third kappa shape index (κ3) is 3.12. The third-order valence-corrected chi connectivity index (χ3v) is 3.45. The first-order chi connectivity index (χ1) is 9.67. The average Bonchev–Trinajstić information content (AvgIpc) is 2.78. The van der Waals surface area contributed by atoms with Gasteiger partial charge in [0.15, 0.2) is 0 Å². The number of aromatic nitrogens is 2. The molecule has 0 aliphatic heterocycles. The van der Waals surface area contributed by atoms with Crippen molar-refractivity contribution in [3.8, 4) is 5.75 Å². The summed E-state index contributed by atoms with van der Waals surface area (Å²) in [6.45, 7) is 7.84. The Balaban J connectivity index is 2.38. The summed E-state index contributed by atoms with van der Waals surface area (Å²) in [6.07, 6.45) is 3.61. The molecule has 110 valence electrons. The van der Waals surface area contributed by atoms with E-state index in [1.165, 1.54) is 12.8 Å². The van der Waals surface area contributed by atoms with E-state index in [2.05, 4.69) is 17.6 Å². The van der Waals surface area contributed by atoms with Gasteiger partial charge in [-0.25, -0.2) is 4.98 Å². The zero-order valence-electron chi connectivity index (χ0n) is 12.7. The average molecular weight is 275 g/mol. The molecule has 0 amide bonds. The molecule has 4 nitrogen and oxygen atoms in total. The second kappa shape index (κ2) is 6.75. The Labute approximate surface area is 120 Å². The minimum absolute atomic E-state index is 0.0560. The van der Waals surface area contributed by atoms with Crippen molar-refractivity contribution >= 4 is 11.0 Å². The largest absolute Gasteiger partial charge is 0.494 e. The molecule has 1 aromatic heterocycles. The molecule has 2 rings (SSSR count). The van der Waals surface area contributed by atoms with E-state index < -0.39 is 0 Å². The first kappa shape index (κ1) is 14.9. The Morgan fingerprint density at radius 1 is 1.30 bits per heavy atom. The maximum absolute atomic E-state index is 6.06. The van der Waals surface area contributed by atoms with E-state index in [-0.39, 0.29) is 6.04 Å². The second-order valence-corrected chi connectivity index (χ2v) is 5.20. The van der Waals surface area contributed by atoms with E-state index in [0.29, 0.717) is 6.61 Å². The summed E-state index contributed by atoms with van der Waals surface area (Å²) in [4.78, 5) is 4.69. The van der Waals surface area contributed by atoms with Crippen molar-refractivity contribution in [2.75, 3.05) is 6.61 Å². The Bertz CT molecular complexity index is 560. The number of aryl methyl sites for hydroxylation is 1. The predicted molar refractivity (Wildman–Crippen MR) is 83.0 cm³/mol. The molecule has 20 heavy (non-hydrogen) atoms. The third-order valence-electron chi connectivity index (χ3n) is 3.45. The molecule has 1 aromatic carbocycles. The highest BCUT2D eigenvalue weighted by molar-refractivity contribution is 5.78. The molecule has 0 saturated carbocycles. The Hall–Kier alpha value is -1.55. The molecule has 2 aromatic rings. The summed E-state index contributed by atoms with van der Waals surface area (Å²) in [7, 11) is 0. The van der Waals surface area contributed by atoms with Crippen LogP contribution >= 0.6 is 0 Å². The molecule has 1 heterocycles. The highest BCUT2D eigenvalue weighted by Gasteiger charge is 2.14. The van der Waals surface area contributed by atoms with Gasteiger partial charge in [0.25, 0.3) is 0 Å². The number of nitrogens with zero attached hydrogens (tertiary/aromatic N) is 2. The number of hydrogen-bond donors (Lipinski definition) is 1. The van der Waals surface area contributed by atoms with E-state index in [9.17, 15) is 0 Å². The maximum atomic E-state index is 6.06. The van der Waals surface area contributed by atoms with Crippen molar-refractivity contribution in [3.05, 3.63) is 24.0 Å². The molecule has 1 unspecified atom stereocenters. The molecule has 0 spiro atoms. The standard InChI is InChI=1S/C16H25N3O/c1-4-6-7-10-19-15-9-8-13(20-5-2)11-14(15)18-16(19)12(3)17/h8-9,11-12H,4-7,10,17H2,1-3H3. The highest BCUT2D eigenvalue weighted by atomic mass is 16.5. The number of benzene rings is 1. The van der Waals surface area contributed by atoms with Gasteiger partial charge in [0.2, 0.25) is 0 Å². The number of fused-ring (bicyclic) bond motifs is 1. The lowest BCUT2D eigenvalue weighted by Gasteiger charge is -2.11. The normalized spacial score (nSPS) is 12.8. The zero-order chi connectivity index (χ0) is 14.5. The van der Waals surface area contributed by atoms with Crippen LogP contribution in [0.4, 0.5) is 0 Å². The van der Waals surface area contributed by atoms with Crippen molar-refractivity contribution in [2.24, 2.45) is 5.73 Å². The summed E-state index contributed by atoms with van der Waals surface area (Å²) in [5.74, 6) is 1.83. The first-order valence-electron chi connectivity index (χ1n) is 7.56. The Kier molecular flexibility index (Phi) is 5.01. The fraction of sp³-hybridized carbons (Fsp3) is 0.562. The minimum Gasteiger partial charge on any atom is -0.494 e. The zero-order valence-corrected chi connectivity index (χ0v) is 12.7. The topological polar surface area (TPSA) is 53.1 Å².